The molecule has 1 amide bonds. The minimum atomic E-state index is -2.47. The van der Waals surface area contributed by atoms with Crippen LogP contribution in [-0.2, 0) is 27.6 Å². The molecule has 2 aromatic carbocycles. The van der Waals surface area contributed by atoms with Gasteiger partial charge < -0.3 is 19.8 Å². The number of hydrogen-bond donors (Lipinski definition) is 2. The number of fused-ring (bicyclic) bond motifs is 2. The predicted octanol–water partition coefficient (Wildman–Crippen LogP) is 3.62. The van der Waals surface area contributed by atoms with Crippen molar-refractivity contribution in [2.45, 2.75) is 30.6 Å². The van der Waals surface area contributed by atoms with Gasteiger partial charge in [0.1, 0.15) is 11.6 Å². The number of rotatable bonds is 4. The van der Waals surface area contributed by atoms with Crippen LogP contribution in [0.5, 0.6) is 5.75 Å². The molecule has 6 nitrogen and oxygen atoms in total. The number of carbonyl (C=O) groups is 1. The normalized spacial score (nSPS) is 16.6. The lowest BCUT2D eigenvalue weighted by Crippen LogP contribution is -2.46. The van der Waals surface area contributed by atoms with Crippen molar-refractivity contribution in [1.82, 2.24) is 4.90 Å². The second-order valence-corrected chi connectivity index (χ2v) is 13.8. The minimum Gasteiger partial charge on any atom is -0.492 e. The van der Waals surface area contributed by atoms with Crippen molar-refractivity contribution in [3.63, 3.8) is 0 Å². The summed E-state index contributed by atoms with van der Waals surface area (Å²) in [6, 6.07) is 13.9. The third-order valence-corrected chi connectivity index (χ3v) is 8.22. The summed E-state index contributed by atoms with van der Waals surface area (Å²) in [4.78, 5) is 15.2. The van der Waals surface area contributed by atoms with Crippen molar-refractivity contribution < 1.29 is 22.5 Å². The summed E-state index contributed by atoms with van der Waals surface area (Å²) < 4.78 is 38.5. The molecule has 5 rings (SSSR count). The van der Waals surface area contributed by atoms with Crippen molar-refractivity contribution in [2.24, 2.45) is 5.73 Å². The molecular weight excluding hydrogens is 491 g/mol. The monoisotopic (exact) mass is 522 g/mol. The highest BCUT2D eigenvalue weighted by Crippen LogP contribution is 2.46. The van der Waals surface area contributed by atoms with Gasteiger partial charge in [-0.1, -0.05) is 30.2 Å². The van der Waals surface area contributed by atoms with E-state index in [1.165, 1.54) is 11.6 Å². The number of furan rings is 1. The summed E-state index contributed by atoms with van der Waals surface area (Å²) in [7, 11) is -2.47. The van der Waals surface area contributed by atoms with E-state index in [0.29, 0.717) is 31.8 Å². The van der Waals surface area contributed by atoms with Gasteiger partial charge in [-0.2, -0.15) is 0 Å². The zero-order valence-corrected chi connectivity index (χ0v) is 21.9. The fourth-order valence-electron chi connectivity index (χ4n) is 5.10. The molecule has 2 N–H and O–H groups in total. The number of nitrogens with zero attached hydrogens (tertiary/aromatic N) is 1. The Balaban J connectivity index is 1.37. The fraction of sp³-hybridized carbons (Fsp3) is 0.345. The zero-order chi connectivity index (χ0) is 26.2. The van der Waals surface area contributed by atoms with E-state index >= 15 is 0 Å². The Labute approximate surface area is 217 Å². The summed E-state index contributed by atoms with van der Waals surface area (Å²) in [6.07, 6.45) is 4.90. The molecule has 37 heavy (non-hydrogen) atoms. The summed E-state index contributed by atoms with van der Waals surface area (Å²) in [5, 5.41) is 0. The molecule has 2 aliphatic heterocycles. The number of carbonyl (C=O) groups excluding carboxylic acids is 1. The number of nitrogens with two attached hydrogens (primary N) is 1. The van der Waals surface area contributed by atoms with E-state index in [1.807, 2.05) is 12.1 Å². The average Bonchev–Trinajstić information content (AvgIpc) is 3.43. The molecule has 3 heterocycles. The fourth-order valence-corrected chi connectivity index (χ4v) is 6.16. The van der Waals surface area contributed by atoms with Crippen LogP contribution in [0.1, 0.15) is 51.4 Å². The first-order valence-electron chi connectivity index (χ1n) is 12.4. The maximum absolute atomic E-state index is 14.0. The topological polar surface area (TPSA) is 85.8 Å². The molecule has 1 aromatic heterocycles. The van der Waals surface area contributed by atoms with E-state index in [1.54, 1.807) is 41.7 Å². The highest BCUT2D eigenvalue weighted by Gasteiger charge is 2.44. The molecule has 1 saturated heterocycles. The number of halogens is 1. The molecule has 3 aromatic rings. The van der Waals surface area contributed by atoms with Crippen LogP contribution in [0.25, 0.3) is 0 Å². The van der Waals surface area contributed by atoms with E-state index in [-0.39, 0.29) is 34.2 Å². The van der Waals surface area contributed by atoms with Gasteiger partial charge in [0, 0.05) is 41.9 Å². The van der Waals surface area contributed by atoms with E-state index in [2.05, 4.69) is 17.9 Å². The smallest absolute Gasteiger partial charge is 0.289 e. The van der Waals surface area contributed by atoms with Crippen LogP contribution < -0.4 is 10.5 Å². The van der Waals surface area contributed by atoms with Gasteiger partial charge in [-0.3, -0.25) is 9.00 Å². The molecule has 8 heteroatoms. The number of piperidine rings is 1. The zero-order valence-electron chi connectivity index (χ0n) is 21.1. The Hall–Kier alpha value is -3.41. The standard InChI is InChI=1S/C29H31FN2O4S/c1-37(2,34)18-22-16-27(36-25(22)10-8-21-5-3-4-6-24(21)30)28(33)32-13-11-29(12-14-32)19-35-26-9-7-20(17-31)15-23(26)29/h3-7,9,15-16,37H,11-14,17-19,31H2,1-2H3. The minimum absolute atomic E-state index is 0.126. The molecule has 0 saturated carbocycles. The van der Waals surface area contributed by atoms with Crippen LogP contribution in [0.3, 0.4) is 0 Å². The molecule has 1 fully saturated rings. The first kappa shape index (κ1) is 25.2. The first-order chi connectivity index (χ1) is 17.7. The van der Waals surface area contributed by atoms with Gasteiger partial charge in [0.15, 0.2) is 11.5 Å². The molecule has 2 aliphatic rings. The van der Waals surface area contributed by atoms with Crippen molar-refractivity contribution in [2.75, 3.05) is 32.2 Å². The van der Waals surface area contributed by atoms with Gasteiger partial charge in [0.2, 0.25) is 0 Å². The van der Waals surface area contributed by atoms with E-state index in [4.69, 9.17) is 14.9 Å². The van der Waals surface area contributed by atoms with Crippen molar-refractivity contribution in [3.05, 3.63) is 88.1 Å². The van der Waals surface area contributed by atoms with Gasteiger partial charge in [-0.25, -0.2) is 4.39 Å². The lowest BCUT2D eigenvalue weighted by atomic mass is 9.74. The Morgan fingerprint density at radius 1 is 1.14 bits per heavy atom. The van der Waals surface area contributed by atoms with Crippen LogP contribution in [0, 0.1) is 17.7 Å². The van der Waals surface area contributed by atoms with E-state index in [9.17, 15) is 13.4 Å². The van der Waals surface area contributed by atoms with E-state index < -0.39 is 15.7 Å². The van der Waals surface area contributed by atoms with Crippen LogP contribution >= 0.6 is 0 Å². The number of amides is 1. The molecule has 0 bridgehead atoms. The number of ether oxygens (including phenoxy) is 1. The third-order valence-electron chi connectivity index (χ3n) is 7.12. The van der Waals surface area contributed by atoms with Crippen LogP contribution in [-0.4, -0.2) is 47.2 Å². The van der Waals surface area contributed by atoms with Crippen LogP contribution in [0.2, 0.25) is 0 Å². The van der Waals surface area contributed by atoms with Gasteiger partial charge in [0.25, 0.3) is 5.91 Å². The van der Waals surface area contributed by atoms with Crippen LogP contribution in [0.4, 0.5) is 4.39 Å². The van der Waals surface area contributed by atoms with Crippen molar-refractivity contribution in [3.8, 4) is 17.6 Å². The number of likely N-dealkylation sites (tertiary alicyclic amines) is 1. The Kier molecular flexibility index (Phi) is 6.69. The first-order valence-corrected chi connectivity index (χ1v) is 15.1. The largest absolute Gasteiger partial charge is 0.492 e. The lowest BCUT2D eigenvalue weighted by molar-refractivity contribution is 0.0615. The van der Waals surface area contributed by atoms with Gasteiger partial charge in [-0.05, 0) is 61.1 Å². The summed E-state index contributed by atoms with van der Waals surface area (Å²) in [6.45, 7) is 2.18. The highest BCUT2D eigenvalue weighted by atomic mass is 32.2. The molecule has 1 spiro atoms. The third kappa shape index (κ3) is 5.20. The lowest BCUT2D eigenvalue weighted by Gasteiger charge is -2.38. The molecule has 0 unspecified atom stereocenters. The van der Waals surface area contributed by atoms with Crippen LogP contribution in [0.15, 0.2) is 52.9 Å². The average molecular weight is 523 g/mol. The van der Waals surface area contributed by atoms with Crippen molar-refractivity contribution >= 4 is 15.8 Å². The second-order valence-electron chi connectivity index (χ2n) is 10.3. The molecular formula is C29H31FN2O4S. The molecule has 0 radical (unpaired) electrons. The SMILES string of the molecule is C[SH](C)(=O)Cc1cc(C(=O)N2CCC3(CC2)COc2ccc(CN)cc23)oc1C#Cc1ccccc1F. The molecule has 0 atom stereocenters. The van der Waals surface area contributed by atoms with Crippen molar-refractivity contribution in [1.29, 1.82) is 0 Å². The van der Waals surface area contributed by atoms with Gasteiger partial charge in [-0.15, -0.1) is 9.93 Å². The second kappa shape index (κ2) is 9.81. The maximum Gasteiger partial charge on any atom is 0.289 e. The van der Waals surface area contributed by atoms with Gasteiger partial charge in [0.05, 0.1) is 12.2 Å². The Morgan fingerprint density at radius 2 is 1.89 bits per heavy atom. The number of thiol groups is 1. The number of hydrogen-bond acceptors (Lipinski definition) is 5. The molecule has 194 valence electrons. The maximum atomic E-state index is 14.0. The summed E-state index contributed by atoms with van der Waals surface area (Å²) >= 11 is 0. The quantitative estimate of drug-likeness (QED) is 0.404. The predicted molar refractivity (Wildman–Crippen MR) is 143 cm³/mol. The number of benzene rings is 2. The Bertz CT molecular complexity index is 1450. The summed E-state index contributed by atoms with van der Waals surface area (Å²) in [5.74, 6) is 6.52. The Morgan fingerprint density at radius 3 is 2.59 bits per heavy atom. The summed E-state index contributed by atoms with van der Waals surface area (Å²) in [5.41, 5.74) is 8.80. The van der Waals surface area contributed by atoms with E-state index in [0.717, 1.165) is 24.2 Å². The molecule has 0 aliphatic carbocycles. The highest BCUT2D eigenvalue weighted by molar-refractivity contribution is 8.01. The van der Waals surface area contributed by atoms with Gasteiger partial charge >= 0.3 is 0 Å².